The second kappa shape index (κ2) is 4.56. The van der Waals surface area contributed by atoms with Crippen molar-refractivity contribution in [3.63, 3.8) is 0 Å². The van der Waals surface area contributed by atoms with Crippen LogP contribution in [0.2, 0.25) is 0 Å². The number of anilines is 1. The quantitative estimate of drug-likeness (QED) is 0.658. The molecule has 1 fully saturated rings. The van der Waals surface area contributed by atoms with E-state index in [0.717, 1.165) is 23.8 Å². The van der Waals surface area contributed by atoms with Crippen molar-refractivity contribution < 1.29 is 4.42 Å². The van der Waals surface area contributed by atoms with E-state index >= 15 is 0 Å². The van der Waals surface area contributed by atoms with Crippen LogP contribution in [0.3, 0.4) is 0 Å². The highest BCUT2D eigenvalue weighted by Gasteiger charge is 2.50. The molecule has 3 heteroatoms. The molecular weight excluding hydrogens is 296 g/mol. The second-order valence-corrected chi connectivity index (χ2v) is 7.63. The van der Waals surface area contributed by atoms with E-state index in [1.165, 1.54) is 28.4 Å². The molecule has 0 N–H and O–H groups in total. The molecule has 0 spiro atoms. The van der Waals surface area contributed by atoms with E-state index in [0.29, 0.717) is 0 Å². The SMILES string of the molecule is C[C@H]1CC1(C)c1ccc2c(oc3ccccc32)c1N1C=CN(C)C1. The van der Waals surface area contributed by atoms with Crippen molar-refractivity contribution in [3.8, 4) is 0 Å². The van der Waals surface area contributed by atoms with Crippen molar-refractivity contribution in [2.45, 2.75) is 25.7 Å². The third kappa shape index (κ3) is 1.78. The van der Waals surface area contributed by atoms with Gasteiger partial charge in [0, 0.05) is 30.2 Å². The summed E-state index contributed by atoms with van der Waals surface area (Å²) in [5.74, 6) is 0.724. The van der Waals surface area contributed by atoms with Crippen molar-refractivity contribution in [3.05, 3.63) is 54.4 Å². The van der Waals surface area contributed by atoms with E-state index < -0.39 is 0 Å². The van der Waals surface area contributed by atoms with Gasteiger partial charge in [0.05, 0.1) is 12.4 Å². The number of furan rings is 1. The van der Waals surface area contributed by atoms with Crippen LogP contribution in [0, 0.1) is 5.92 Å². The third-order valence-electron chi connectivity index (χ3n) is 5.96. The van der Waals surface area contributed by atoms with Crippen molar-refractivity contribution in [2.75, 3.05) is 18.6 Å². The summed E-state index contributed by atoms with van der Waals surface area (Å²) in [4.78, 5) is 4.53. The molecule has 2 aromatic carbocycles. The molecule has 1 aliphatic heterocycles. The Hall–Kier alpha value is -2.42. The van der Waals surface area contributed by atoms with E-state index in [2.05, 4.69) is 73.4 Å². The fraction of sp³-hybridized carbons (Fsp3) is 0.333. The highest BCUT2D eigenvalue weighted by atomic mass is 16.3. The van der Waals surface area contributed by atoms with Crippen molar-refractivity contribution in [1.82, 2.24) is 4.90 Å². The van der Waals surface area contributed by atoms with Gasteiger partial charge in [0.15, 0.2) is 5.58 Å². The zero-order valence-electron chi connectivity index (χ0n) is 14.4. The molecule has 2 heterocycles. The molecule has 1 saturated carbocycles. The zero-order valence-corrected chi connectivity index (χ0v) is 14.4. The van der Waals surface area contributed by atoms with Gasteiger partial charge in [-0.05, 0) is 29.4 Å². The average Bonchev–Trinajstić information content (AvgIpc) is 2.93. The van der Waals surface area contributed by atoms with E-state index in [-0.39, 0.29) is 5.41 Å². The van der Waals surface area contributed by atoms with Gasteiger partial charge in [-0.15, -0.1) is 0 Å². The Balaban J connectivity index is 1.83. The van der Waals surface area contributed by atoms with E-state index in [9.17, 15) is 0 Å². The molecule has 0 saturated heterocycles. The highest BCUT2D eigenvalue weighted by Crippen LogP contribution is 2.57. The monoisotopic (exact) mass is 318 g/mol. The number of benzene rings is 2. The summed E-state index contributed by atoms with van der Waals surface area (Å²) < 4.78 is 6.34. The molecule has 1 unspecified atom stereocenters. The Labute approximate surface area is 142 Å². The van der Waals surface area contributed by atoms with Crippen LogP contribution in [-0.4, -0.2) is 18.6 Å². The topological polar surface area (TPSA) is 19.6 Å². The van der Waals surface area contributed by atoms with Crippen LogP contribution in [0.4, 0.5) is 5.69 Å². The molecule has 0 radical (unpaired) electrons. The Morgan fingerprint density at radius 2 is 1.88 bits per heavy atom. The fourth-order valence-corrected chi connectivity index (χ4v) is 4.15. The van der Waals surface area contributed by atoms with Crippen molar-refractivity contribution >= 4 is 27.6 Å². The molecule has 1 aromatic heterocycles. The summed E-state index contributed by atoms with van der Waals surface area (Å²) in [5, 5.41) is 2.41. The van der Waals surface area contributed by atoms with Gasteiger partial charge in [0.25, 0.3) is 0 Å². The van der Waals surface area contributed by atoms with Crippen LogP contribution in [-0.2, 0) is 5.41 Å². The number of hydrogen-bond donors (Lipinski definition) is 0. The normalized spacial score (nSPS) is 26.0. The predicted octanol–water partition coefficient (Wildman–Crippen LogP) is 5.06. The van der Waals surface area contributed by atoms with Crippen LogP contribution in [0.25, 0.3) is 21.9 Å². The van der Waals surface area contributed by atoms with E-state index in [1.54, 1.807) is 0 Å². The van der Waals surface area contributed by atoms with Crippen LogP contribution < -0.4 is 4.90 Å². The predicted molar refractivity (Wildman–Crippen MR) is 99.1 cm³/mol. The first-order valence-corrected chi connectivity index (χ1v) is 8.68. The lowest BCUT2D eigenvalue weighted by atomic mass is 9.92. The molecule has 24 heavy (non-hydrogen) atoms. The summed E-state index contributed by atoms with van der Waals surface area (Å²) in [6.07, 6.45) is 5.55. The maximum Gasteiger partial charge on any atom is 0.159 e. The molecule has 122 valence electrons. The van der Waals surface area contributed by atoms with Gasteiger partial charge in [-0.25, -0.2) is 0 Å². The number of nitrogens with zero attached hydrogens (tertiary/aromatic N) is 2. The number of fused-ring (bicyclic) bond motifs is 3. The Bertz CT molecular complexity index is 986. The second-order valence-electron chi connectivity index (χ2n) is 7.63. The largest absolute Gasteiger partial charge is 0.454 e. The van der Waals surface area contributed by atoms with Gasteiger partial charge in [-0.3, -0.25) is 0 Å². The van der Waals surface area contributed by atoms with Crippen LogP contribution in [0.1, 0.15) is 25.8 Å². The smallest absolute Gasteiger partial charge is 0.159 e. The average molecular weight is 318 g/mol. The summed E-state index contributed by atoms with van der Waals surface area (Å²) in [6, 6.07) is 12.9. The summed E-state index contributed by atoms with van der Waals surface area (Å²) in [6.45, 7) is 5.60. The minimum Gasteiger partial charge on any atom is -0.454 e. The van der Waals surface area contributed by atoms with Gasteiger partial charge in [0.2, 0.25) is 0 Å². The maximum atomic E-state index is 6.34. The fourth-order valence-electron chi connectivity index (χ4n) is 4.15. The summed E-state index contributed by atoms with van der Waals surface area (Å²) in [5.41, 5.74) is 4.92. The van der Waals surface area contributed by atoms with E-state index in [1.807, 2.05) is 6.07 Å². The zero-order chi connectivity index (χ0) is 16.5. The summed E-state index contributed by atoms with van der Waals surface area (Å²) in [7, 11) is 2.11. The lowest BCUT2D eigenvalue weighted by Gasteiger charge is -2.24. The first-order chi connectivity index (χ1) is 11.6. The van der Waals surface area contributed by atoms with Gasteiger partial charge < -0.3 is 14.2 Å². The van der Waals surface area contributed by atoms with Gasteiger partial charge in [-0.1, -0.05) is 44.2 Å². The van der Waals surface area contributed by atoms with Crippen LogP contribution in [0.15, 0.2) is 53.2 Å². The molecule has 2 aliphatic rings. The Morgan fingerprint density at radius 1 is 1.08 bits per heavy atom. The van der Waals surface area contributed by atoms with E-state index in [4.69, 9.17) is 4.42 Å². The number of hydrogen-bond acceptors (Lipinski definition) is 3. The highest BCUT2D eigenvalue weighted by molar-refractivity contribution is 6.10. The standard InChI is InChI=1S/C21H22N2O/c1-14-12-21(14,2)17-9-8-16-15-6-4-5-7-18(15)24-20(16)19(17)23-11-10-22(3)13-23/h4-11,14H,12-13H2,1-3H3/t14-,21?/m0/s1. The van der Waals surface area contributed by atoms with Gasteiger partial charge >= 0.3 is 0 Å². The first kappa shape index (κ1) is 14.0. The van der Waals surface area contributed by atoms with Crippen LogP contribution >= 0.6 is 0 Å². The van der Waals surface area contributed by atoms with Gasteiger partial charge in [0.1, 0.15) is 5.58 Å². The molecule has 3 nitrogen and oxygen atoms in total. The Kier molecular flexibility index (Phi) is 2.66. The molecule has 0 amide bonds. The molecular formula is C21H22N2O. The Morgan fingerprint density at radius 3 is 2.58 bits per heavy atom. The lowest BCUT2D eigenvalue weighted by molar-refractivity contribution is 0.494. The maximum absolute atomic E-state index is 6.34. The number of para-hydroxylation sites is 1. The number of rotatable bonds is 2. The molecule has 0 bridgehead atoms. The molecule has 2 atom stereocenters. The minimum absolute atomic E-state index is 0.261. The first-order valence-electron chi connectivity index (χ1n) is 8.68. The lowest BCUT2D eigenvalue weighted by Crippen LogP contribution is -2.24. The molecule has 3 aromatic rings. The summed E-state index contributed by atoms with van der Waals surface area (Å²) >= 11 is 0. The van der Waals surface area contributed by atoms with Crippen molar-refractivity contribution in [1.29, 1.82) is 0 Å². The van der Waals surface area contributed by atoms with Crippen molar-refractivity contribution in [2.24, 2.45) is 5.92 Å². The van der Waals surface area contributed by atoms with Gasteiger partial charge in [-0.2, -0.15) is 0 Å². The third-order valence-corrected chi connectivity index (χ3v) is 5.96. The van der Waals surface area contributed by atoms with Crippen LogP contribution in [0.5, 0.6) is 0 Å². The molecule has 1 aliphatic carbocycles. The minimum atomic E-state index is 0.261. The molecule has 5 rings (SSSR count).